The van der Waals surface area contributed by atoms with Crippen molar-refractivity contribution in [2.24, 2.45) is 0 Å². The lowest BCUT2D eigenvalue weighted by atomic mass is 9.66. The molecule has 2 nitrogen and oxygen atoms in total. The fourth-order valence-electron chi connectivity index (χ4n) is 1.28. The van der Waals surface area contributed by atoms with Crippen LogP contribution in [0.15, 0.2) is 30.3 Å². The molecule has 14 heavy (non-hydrogen) atoms. The first-order chi connectivity index (χ1) is 6.79. The quantitative estimate of drug-likeness (QED) is 0.546. The van der Waals surface area contributed by atoms with E-state index < -0.39 is 5.97 Å². The predicted octanol–water partition coefficient (Wildman–Crippen LogP) is 1.69. The fraction of sp³-hybridized carbons (Fsp3) is 0.364. The molecule has 0 bridgehead atoms. The topological polar surface area (TPSA) is 37.3 Å². The Morgan fingerprint density at radius 1 is 1.21 bits per heavy atom. The van der Waals surface area contributed by atoms with Crippen LogP contribution in [0.1, 0.15) is 19.3 Å². The summed E-state index contributed by atoms with van der Waals surface area (Å²) in [5.74, 6) is -0.704. The average Bonchev–Trinajstić information content (AvgIpc) is 2.18. The van der Waals surface area contributed by atoms with Crippen molar-refractivity contribution in [3.63, 3.8) is 0 Å². The second-order valence-electron chi connectivity index (χ2n) is 3.25. The number of rotatable bonds is 6. The van der Waals surface area contributed by atoms with Crippen molar-refractivity contribution in [1.82, 2.24) is 0 Å². The number of hydrogen-bond donors (Lipinski definition) is 1. The molecule has 0 unspecified atom stereocenters. The number of unbranched alkanes of at least 4 members (excludes halogenated alkanes) is 1. The molecule has 1 aromatic rings. The lowest BCUT2D eigenvalue weighted by Gasteiger charge is -1.98. The van der Waals surface area contributed by atoms with Crippen molar-refractivity contribution in [3.05, 3.63) is 30.3 Å². The number of carboxylic acids is 1. The summed E-state index contributed by atoms with van der Waals surface area (Å²) in [4.78, 5) is 10.2. The van der Waals surface area contributed by atoms with E-state index in [0.717, 1.165) is 19.2 Å². The minimum atomic E-state index is -0.704. The molecule has 1 N–H and O–H groups in total. The van der Waals surface area contributed by atoms with E-state index >= 15 is 0 Å². The van der Waals surface area contributed by atoms with E-state index in [2.05, 4.69) is 19.4 Å². The molecule has 0 aliphatic rings. The van der Waals surface area contributed by atoms with Gasteiger partial charge in [0.05, 0.1) is 0 Å². The summed E-state index contributed by atoms with van der Waals surface area (Å²) in [5.41, 5.74) is 1.21. The van der Waals surface area contributed by atoms with Crippen LogP contribution in [-0.2, 0) is 4.79 Å². The molecule has 0 heterocycles. The van der Waals surface area contributed by atoms with Gasteiger partial charge >= 0.3 is 5.97 Å². The third-order valence-corrected chi connectivity index (χ3v) is 2.02. The molecule has 1 rings (SSSR count). The maximum Gasteiger partial charge on any atom is 0.303 e. The van der Waals surface area contributed by atoms with Crippen LogP contribution in [-0.4, -0.2) is 18.4 Å². The van der Waals surface area contributed by atoms with E-state index in [1.165, 1.54) is 5.46 Å². The molecule has 0 saturated heterocycles. The van der Waals surface area contributed by atoms with Crippen LogP contribution in [0.2, 0.25) is 6.32 Å². The van der Waals surface area contributed by atoms with E-state index in [1.54, 1.807) is 0 Å². The van der Waals surface area contributed by atoms with Crippen molar-refractivity contribution in [2.45, 2.75) is 25.6 Å². The SMILES string of the molecule is O=C(O)CCCC[B]c1ccccc1. The highest BCUT2D eigenvalue weighted by atomic mass is 16.4. The highest BCUT2D eigenvalue weighted by Crippen LogP contribution is 1.99. The Morgan fingerprint density at radius 2 is 1.93 bits per heavy atom. The van der Waals surface area contributed by atoms with Gasteiger partial charge in [0, 0.05) is 6.42 Å². The molecule has 0 amide bonds. The second-order valence-corrected chi connectivity index (χ2v) is 3.25. The Labute approximate surface area is 85.2 Å². The molecule has 0 aliphatic carbocycles. The first-order valence-electron chi connectivity index (χ1n) is 4.89. The molecule has 0 aliphatic heterocycles. The highest BCUT2D eigenvalue weighted by molar-refractivity contribution is 6.53. The molecule has 1 aromatic carbocycles. The van der Waals surface area contributed by atoms with Crippen LogP contribution in [0.5, 0.6) is 0 Å². The largest absolute Gasteiger partial charge is 0.481 e. The second kappa shape index (κ2) is 6.25. The Bertz CT molecular complexity index is 272. The van der Waals surface area contributed by atoms with Gasteiger partial charge in [-0.1, -0.05) is 48.5 Å². The standard InChI is InChI=1S/C11H14BO2/c13-11(14)8-4-5-9-12-10-6-2-1-3-7-10/h1-3,6-7H,4-5,8-9H2,(H,13,14). The zero-order valence-electron chi connectivity index (χ0n) is 8.15. The van der Waals surface area contributed by atoms with E-state index in [4.69, 9.17) is 5.11 Å². The monoisotopic (exact) mass is 189 g/mol. The van der Waals surface area contributed by atoms with Crippen LogP contribution in [0.4, 0.5) is 0 Å². The zero-order chi connectivity index (χ0) is 10.2. The average molecular weight is 189 g/mol. The van der Waals surface area contributed by atoms with Gasteiger partial charge in [-0.2, -0.15) is 0 Å². The van der Waals surface area contributed by atoms with Gasteiger partial charge in [-0.25, -0.2) is 0 Å². The Kier molecular flexibility index (Phi) is 4.83. The van der Waals surface area contributed by atoms with Crippen molar-refractivity contribution in [1.29, 1.82) is 0 Å². The van der Waals surface area contributed by atoms with Gasteiger partial charge in [0.25, 0.3) is 0 Å². The summed E-state index contributed by atoms with van der Waals surface area (Å²) in [6, 6.07) is 10.1. The first-order valence-corrected chi connectivity index (χ1v) is 4.89. The van der Waals surface area contributed by atoms with Gasteiger partial charge in [0.15, 0.2) is 7.28 Å². The van der Waals surface area contributed by atoms with Crippen molar-refractivity contribution in [2.75, 3.05) is 0 Å². The third kappa shape index (κ3) is 4.70. The molecule has 0 saturated carbocycles. The molecule has 0 spiro atoms. The van der Waals surface area contributed by atoms with Gasteiger partial charge in [0.1, 0.15) is 0 Å². The minimum Gasteiger partial charge on any atom is -0.481 e. The molecular formula is C11H14BO2. The van der Waals surface area contributed by atoms with Gasteiger partial charge < -0.3 is 5.11 Å². The normalized spacial score (nSPS) is 9.71. The first kappa shape index (κ1) is 10.8. The van der Waals surface area contributed by atoms with E-state index in [1.807, 2.05) is 18.2 Å². The zero-order valence-corrected chi connectivity index (χ0v) is 8.15. The van der Waals surface area contributed by atoms with Crippen LogP contribution in [0.3, 0.4) is 0 Å². The lowest BCUT2D eigenvalue weighted by molar-refractivity contribution is -0.137. The summed E-state index contributed by atoms with van der Waals surface area (Å²) in [7, 11) is 2.14. The molecule has 1 radical (unpaired) electrons. The molecule has 0 aromatic heterocycles. The number of benzene rings is 1. The minimum absolute atomic E-state index is 0.280. The summed E-state index contributed by atoms with van der Waals surface area (Å²) < 4.78 is 0. The van der Waals surface area contributed by atoms with E-state index in [-0.39, 0.29) is 6.42 Å². The molecule has 0 atom stereocenters. The predicted molar refractivity (Wildman–Crippen MR) is 58.1 cm³/mol. The van der Waals surface area contributed by atoms with Crippen molar-refractivity contribution >= 4 is 18.7 Å². The lowest BCUT2D eigenvalue weighted by Crippen LogP contribution is -2.12. The molecule has 0 fully saturated rings. The third-order valence-electron chi connectivity index (χ3n) is 2.02. The van der Waals surface area contributed by atoms with Crippen LogP contribution >= 0.6 is 0 Å². The van der Waals surface area contributed by atoms with Crippen molar-refractivity contribution < 1.29 is 9.90 Å². The summed E-state index contributed by atoms with van der Waals surface area (Å²) in [6.07, 6.45) is 2.94. The fourth-order valence-corrected chi connectivity index (χ4v) is 1.28. The van der Waals surface area contributed by atoms with Gasteiger partial charge in [-0.3, -0.25) is 4.79 Å². The molecule has 73 valence electrons. The van der Waals surface area contributed by atoms with Crippen molar-refractivity contribution in [3.8, 4) is 0 Å². The number of carbonyl (C=O) groups is 1. The van der Waals surface area contributed by atoms with Gasteiger partial charge in [-0.05, 0) is 6.42 Å². The smallest absolute Gasteiger partial charge is 0.303 e. The Hall–Kier alpha value is -1.25. The van der Waals surface area contributed by atoms with Crippen LogP contribution in [0, 0.1) is 0 Å². The van der Waals surface area contributed by atoms with Gasteiger partial charge in [-0.15, -0.1) is 0 Å². The maximum atomic E-state index is 10.2. The van der Waals surface area contributed by atoms with E-state index in [0.29, 0.717) is 0 Å². The Balaban J connectivity index is 2.08. The number of aliphatic carboxylic acids is 1. The van der Waals surface area contributed by atoms with Crippen LogP contribution in [0.25, 0.3) is 0 Å². The highest BCUT2D eigenvalue weighted by Gasteiger charge is 1.97. The maximum absolute atomic E-state index is 10.2. The molecule has 3 heteroatoms. The van der Waals surface area contributed by atoms with Gasteiger partial charge in [0.2, 0.25) is 0 Å². The summed E-state index contributed by atoms with van der Waals surface area (Å²) >= 11 is 0. The number of carboxylic acid groups (broad SMARTS) is 1. The summed E-state index contributed by atoms with van der Waals surface area (Å²) in [6.45, 7) is 0. The summed E-state index contributed by atoms with van der Waals surface area (Å²) in [5, 5.41) is 8.42. The van der Waals surface area contributed by atoms with E-state index in [9.17, 15) is 4.79 Å². The number of hydrogen-bond acceptors (Lipinski definition) is 1. The molecular weight excluding hydrogens is 175 g/mol. The Morgan fingerprint density at radius 3 is 2.57 bits per heavy atom. The van der Waals surface area contributed by atoms with Crippen LogP contribution < -0.4 is 5.46 Å².